The number of carboxylic acid groups (broad SMARTS) is 1. The van der Waals surface area contributed by atoms with E-state index in [0.717, 1.165) is 10.0 Å². The van der Waals surface area contributed by atoms with E-state index in [0.29, 0.717) is 24.2 Å². The van der Waals surface area contributed by atoms with E-state index in [1.54, 1.807) is 6.07 Å². The van der Waals surface area contributed by atoms with Crippen LogP contribution in [0.25, 0.3) is 0 Å². The highest BCUT2D eigenvalue weighted by molar-refractivity contribution is 9.10. The summed E-state index contributed by atoms with van der Waals surface area (Å²) in [5, 5.41) is 20.4. The summed E-state index contributed by atoms with van der Waals surface area (Å²) >= 11 is 3.34. The molecule has 0 aromatic heterocycles. The molecule has 0 spiro atoms. The van der Waals surface area contributed by atoms with Crippen molar-refractivity contribution in [1.29, 1.82) is 0 Å². The lowest BCUT2D eigenvalue weighted by molar-refractivity contribution is -0.145. The van der Waals surface area contributed by atoms with E-state index in [2.05, 4.69) is 21.1 Å². The summed E-state index contributed by atoms with van der Waals surface area (Å²) in [4.78, 5) is 10.9. The van der Waals surface area contributed by atoms with E-state index in [4.69, 9.17) is 15.1 Å². The third kappa shape index (κ3) is 2.41. The summed E-state index contributed by atoms with van der Waals surface area (Å²) in [7, 11) is 0. The zero-order valence-corrected chi connectivity index (χ0v) is 10.3. The van der Waals surface area contributed by atoms with Crippen molar-refractivity contribution in [2.75, 3.05) is 0 Å². The Morgan fingerprint density at radius 3 is 3.00 bits per heavy atom. The smallest absolute Gasteiger partial charge is 0.344 e. The number of benzene rings is 1. The van der Waals surface area contributed by atoms with Gasteiger partial charge in [-0.3, -0.25) is 0 Å². The first-order valence-corrected chi connectivity index (χ1v) is 5.80. The van der Waals surface area contributed by atoms with Crippen LogP contribution in [0, 0.1) is 0 Å². The first-order chi connectivity index (χ1) is 8.11. The molecule has 1 aliphatic heterocycles. The van der Waals surface area contributed by atoms with Gasteiger partial charge in [-0.2, -0.15) is 0 Å². The van der Waals surface area contributed by atoms with E-state index in [1.807, 2.05) is 6.07 Å². The Hall–Kier alpha value is -1.56. The molecule has 0 aliphatic carbocycles. The minimum absolute atomic E-state index is 0.439. The molecular weight excluding hydrogens is 290 g/mol. The summed E-state index contributed by atoms with van der Waals surface area (Å²) in [5.74, 6) is -0.505. The summed E-state index contributed by atoms with van der Waals surface area (Å²) in [6.07, 6.45) is 1.45. The zero-order chi connectivity index (χ0) is 12.4. The summed E-state index contributed by atoms with van der Waals surface area (Å²) in [6.45, 7) is 0. The zero-order valence-electron chi connectivity index (χ0n) is 8.76. The van der Waals surface area contributed by atoms with Crippen LogP contribution in [0.1, 0.15) is 17.5 Å². The average Bonchev–Trinajstić information content (AvgIpc) is 2.28. The van der Waals surface area contributed by atoms with Gasteiger partial charge in [0.25, 0.3) is 0 Å². The molecule has 1 atom stereocenters. The number of ether oxygens (including phenoxy) is 1. The number of nitrogens with zero attached hydrogens (tertiary/aromatic N) is 1. The Labute approximate surface area is 106 Å². The van der Waals surface area contributed by atoms with Gasteiger partial charge in [0.05, 0.1) is 6.21 Å². The number of fused-ring (bicyclic) bond motifs is 1. The fourth-order valence-electron chi connectivity index (χ4n) is 1.82. The minimum atomic E-state index is -0.981. The number of aliphatic carboxylic acids is 1. The molecule has 1 unspecified atom stereocenters. The van der Waals surface area contributed by atoms with Crippen molar-refractivity contribution in [3.8, 4) is 5.75 Å². The van der Waals surface area contributed by atoms with E-state index < -0.39 is 12.1 Å². The van der Waals surface area contributed by atoms with Gasteiger partial charge in [-0.1, -0.05) is 21.1 Å². The first-order valence-electron chi connectivity index (χ1n) is 5.01. The Bertz CT molecular complexity index is 487. The SMILES string of the molecule is O=C(O)C1CCc2cc(Br)cc(C=NO)c2O1. The number of hydrogen-bond donors (Lipinski definition) is 2. The molecule has 17 heavy (non-hydrogen) atoms. The molecule has 1 aromatic rings. The molecule has 5 nitrogen and oxygen atoms in total. The molecule has 0 saturated heterocycles. The maximum atomic E-state index is 10.9. The number of rotatable bonds is 2. The maximum absolute atomic E-state index is 10.9. The topological polar surface area (TPSA) is 79.1 Å². The Morgan fingerprint density at radius 2 is 2.35 bits per heavy atom. The predicted molar refractivity (Wildman–Crippen MR) is 63.9 cm³/mol. The molecular formula is C11H10BrNO4. The van der Waals surface area contributed by atoms with Crippen LogP contribution in [-0.4, -0.2) is 28.6 Å². The highest BCUT2D eigenvalue weighted by Gasteiger charge is 2.27. The number of halogens is 1. The first kappa shape index (κ1) is 11.9. The maximum Gasteiger partial charge on any atom is 0.344 e. The van der Waals surface area contributed by atoms with E-state index in [9.17, 15) is 4.79 Å². The van der Waals surface area contributed by atoms with Gasteiger partial charge in [0.2, 0.25) is 0 Å². The van der Waals surface area contributed by atoms with Crippen LogP contribution < -0.4 is 4.74 Å². The van der Waals surface area contributed by atoms with Gasteiger partial charge in [0, 0.05) is 10.0 Å². The van der Waals surface area contributed by atoms with Crippen LogP contribution in [0.5, 0.6) is 5.75 Å². The standard InChI is InChI=1S/C11H10BrNO4/c12-8-3-6-1-2-9(11(14)15)17-10(6)7(4-8)5-13-16/h3-5,9,16H,1-2H2,(H,14,15). The normalized spacial score (nSPS) is 18.8. The average molecular weight is 300 g/mol. The van der Waals surface area contributed by atoms with Gasteiger partial charge < -0.3 is 15.1 Å². The molecule has 2 rings (SSSR count). The summed E-state index contributed by atoms with van der Waals surface area (Å²) in [6, 6.07) is 3.59. The van der Waals surface area contributed by atoms with E-state index in [1.165, 1.54) is 6.21 Å². The van der Waals surface area contributed by atoms with Gasteiger partial charge in [-0.05, 0) is 30.5 Å². The lowest BCUT2D eigenvalue weighted by Crippen LogP contribution is -2.31. The van der Waals surface area contributed by atoms with Crippen molar-refractivity contribution >= 4 is 28.1 Å². The van der Waals surface area contributed by atoms with Crippen molar-refractivity contribution in [2.24, 2.45) is 5.16 Å². The highest BCUT2D eigenvalue weighted by Crippen LogP contribution is 2.33. The molecule has 1 aromatic carbocycles. The lowest BCUT2D eigenvalue weighted by Gasteiger charge is -2.24. The number of carbonyl (C=O) groups is 1. The molecule has 0 saturated carbocycles. The lowest BCUT2D eigenvalue weighted by atomic mass is 9.99. The Balaban J connectivity index is 2.44. The second-order valence-electron chi connectivity index (χ2n) is 3.71. The third-order valence-electron chi connectivity index (χ3n) is 2.57. The summed E-state index contributed by atoms with van der Waals surface area (Å²) in [5.41, 5.74) is 1.47. The molecule has 0 fully saturated rings. The molecule has 1 aliphatic rings. The van der Waals surface area contributed by atoms with E-state index in [-0.39, 0.29) is 0 Å². The van der Waals surface area contributed by atoms with Crippen molar-refractivity contribution in [2.45, 2.75) is 18.9 Å². The second kappa shape index (κ2) is 4.75. The number of hydrogen-bond acceptors (Lipinski definition) is 4. The number of oxime groups is 1. The van der Waals surface area contributed by atoms with Crippen LogP contribution in [0.15, 0.2) is 21.8 Å². The van der Waals surface area contributed by atoms with Gasteiger partial charge in [0.15, 0.2) is 6.10 Å². The predicted octanol–water partition coefficient (Wildman–Crippen LogP) is 2.04. The molecule has 1 heterocycles. The van der Waals surface area contributed by atoms with Gasteiger partial charge in [-0.15, -0.1) is 0 Å². The fourth-order valence-corrected chi connectivity index (χ4v) is 2.35. The van der Waals surface area contributed by atoms with Gasteiger partial charge >= 0.3 is 5.97 Å². The fraction of sp³-hybridized carbons (Fsp3) is 0.273. The van der Waals surface area contributed by atoms with Crippen LogP contribution in [0.2, 0.25) is 0 Å². The monoisotopic (exact) mass is 299 g/mol. The van der Waals surface area contributed by atoms with Crippen LogP contribution >= 0.6 is 15.9 Å². The van der Waals surface area contributed by atoms with Gasteiger partial charge in [0.1, 0.15) is 5.75 Å². The molecule has 0 bridgehead atoms. The van der Waals surface area contributed by atoms with Crippen molar-refractivity contribution < 1.29 is 19.8 Å². The number of carboxylic acids is 1. The molecule has 90 valence electrons. The highest BCUT2D eigenvalue weighted by atomic mass is 79.9. The third-order valence-corrected chi connectivity index (χ3v) is 3.03. The Morgan fingerprint density at radius 1 is 1.59 bits per heavy atom. The molecule has 0 radical (unpaired) electrons. The van der Waals surface area contributed by atoms with Crippen LogP contribution in [-0.2, 0) is 11.2 Å². The molecule has 0 amide bonds. The van der Waals surface area contributed by atoms with Crippen molar-refractivity contribution in [1.82, 2.24) is 0 Å². The number of aryl methyl sites for hydroxylation is 1. The Kier molecular flexibility index (Phi) is 3.33. The summed E-state index contributed by atoms with van der Waals surface area (Å²) < 4.78 is 6.25. The largest absolute Gasteiger partial charge is 0.479 e. The quantitative estimate of drug-likeness (QED) is 0.497. The molecule has 6 heteroatoms. The van der Waals surface area contributed by atoms with Gasteiger partial charge in [-0.25, -0.2) is 4.79 Å². The van der Waals surface area contributed by atoms with Crippen LogP contribution in [0.3, 0.4) is 0 Å². The van der Waals surface area contributed by atoms with Crippen molar-refractivity contribution in [3.63, 3.8) is 0 Å². The van der Waals surface area contributed by atoms with Crippen molar-refractivity contribution in [3.05, 3.63) is 27.7 Å². The molecule has 2 N–H and O–H groups in total. The minimum Gasteiger partial charge on any atom is -0.479 e. The van der Waals surface area contributed by atoms with E-state index >= 15 is 0 Å². The van der Waals surface area contributed by atoms with Crippen LogP contribution in [0.4, 0.5) is 0 Å². The second-order valence-corrected chi connectivity index (χ2v) is 4.63.